The molecule has 0 radical (unpaired) electrons. The molecule has 20 aromatic rings. The Hall–Kier alpha value is -17.4. The topological polar surface area (TPSA) is 255 Å². The summed E-state index contributed by atoms with van der Waals surface area (Å²) in [6.07, 6.45) is 39.6. The molecule has 0 N–H and O–H groups in total. The lowest BCUT2D eigenvalue weighted by Crippen LogP contribution is -2.09. The SMILES string of the molecule is C.C#Cc1ccc2c(c1)C(c1ccccc1Cl)=N[C@H](C)c1c(-c3ccco3)ncn1-2.C#Cc1ccc2c(c1)C(c1ccccn1)=NCc1c(-c3ccco3)ncn1-2.C#Cc1ccc2c(c1)C(c1ccccn1)=N[C@H](C)c1c(-c3ccco3)ncn1-2.C[C@H]1N=C(c2ccccc2F)c2cc(Br)ccc2-n2cnc(-c3ccco3)c21.C[C@H]1N=C(c2ccccn2)c2cc(Br)ccc2-n2cnc(-c3ccco3)c21. The summed E-state index contributed by atoms with van der Waals surface area (Å²) >= 11 is 13.7. The van der Waals surface area contributed by atoms with E-state index in [1.807, 2.05) is 266 Å². The van der Waals surface area contributed by atoms with Gasteiger partial charge in [0, 0.05) is 88.2 Å². The van der Waals surface area contributed by atoms with Crippen molar-refractivity contribution >= 4 is 72.0 Å². The van der Waals surface area contributed by atoms with E-state index in [4.69, 9.17) is 77.9 Å². The smallest absolute Gasteiger partial charge is 0.154 e. The number of benzene rings is 7. The molecule has 680 valence electrons. The predicted octanol–water partition coefficient (Wildman–Crippen LogP) is 25.7. The molecule has 13 aromatic heterocycles. The number of hydrogen-bond acceptors (Lipinski definition) is 18. The van der Waals surface area contributed by atoms with Gasteiger partial charge in [-0.3, -0.25) is 62.7 Å². The number of rotatable bonds is 10. The van der Waals surface area contributed by atoms with E-state index >= 15 is 0 Å². The Bertz CT molecular complexity index is 8330. The first-order valence-electron chi connectivity index (χ1n) is 44.2. The zero-order valence-electron chi connectivity index (χ0n) is 74.6. The number of aromatic nitrogens is 13. The van der Waals surface area contributed by atoms with Crippen LogP contribution in [0, 0.1) is 42.8 Å². The van der Waals surface area contributed by atoms with E-state index in [1.165, 1.54) is 6.07 Å². The van der Waals surface area contributed by atoms with E-state index in [2.05, 4.69) is 129 Å². The van der Waals surface area contributed by atoms with Crippen molar-refractivity contribution in [1.82, 2.24) is 62.7 Å². The number of nitrogens with zero attached hydrogens (tertiary/aromatic N) is 18. The van der Waals surface area contributed by atoms with Crippen molar-refractivity contribution < 1.29 is 26.5 Å². The third kappa shape index (κ3) is 17.2. The molecule has 0 aliphatic carbocycles. The van der Waals surface area contributed by atoms with E-state index < -0.39 is 0 Å². The van der Waals surface area contributed by atoms with E-state index in [-0.39, 0.29) is 37.4 Å². The highest BCUT2D eigenvalue weighted by Crippen LogP contribution is 2.44. The Morgan fingerprint density at radius 2 is 0.629 bits per heavy atom. The lowest BCUT2D eigenvalue weighted by Gasteiger charge is -2.13. The monoisotopic (exact) mass is 1980 g/mol. The second kappa shape index (κ2) is 39.2. The van der Waals surface area contributed by atoms with Crippen LogP contribution >= 0.6 is 43.5 Å². The Morgan fingerprint density at radius 1 is 0.321 bits per heavy atom. The number of furan rings is 5. The average molecular weight is 1980 g/mol. The number of pyridine rings is 3. The number of hydrogen-bond donors (Lipinski definition) is 0. The van der Waals surface area contributed by atoms with Crippen LogP contribution in [0.25, 0.3) is 85.7 Å². The number of aliphatic imine (C=N–C) groups is 5. The molecule has 0 fully saturated rings. The maximum absolute atomic E-state index is 14.7. The molecule has 4 atom stereocenters. The molecule has 18 heterocycles. The van der Waals surface area contributed by atoms with Crippen LogP contribution in [0.2, 0.25) is 5.02 Å². The summed E-state index contributed by atoms with van der Waals surface area (Å²) < 4.78 is 54.8. The highest BCUT2D eigenvalue weighted by molar-refractivity contribution is 9.10. The van der Waals surface area contributed by atoms with Gasteiger partial charge in [-0.25, -0.2) is 29.3 Å². The van der Waals surface area contributed by atoms with Crippen molar-refractivity contribution in [2.45, 2.75) is 65.8 Å². The number of halogens is 4. The van der Waals surface area contributed by atoms with Crippen LogP contribution in [-0.2, 0) is 6.54 Å². The van der Waals surface area contributed by atoms with Crippen molar-refractivity contribution in [3.8, 4) is 123 Å². The van der Waals surface area contributed by atoms with Gasteiger partial charge in [0.1, 0.15) is 65.9 Å². The van der Waals surface area contributed by atoms with Crippen LogP contribution in [0.3, 0.4) is 0 Å². The fraction of sp³-hybridized carbons (Fsp3) is 0.0885. The maximum Gasteiger partial charge on any atom is 0.154 e. The first kappa shape index (κ1) is 90.5. The summed E-state index contributed by atoms with van der Waals surface area (Å²) in [7, 11) is 0. The average Bonchev–Trinajstić information content (AvgIpc) is 1.62. The number of terminal acetylenes is 3. The molecule has 0 spiro atoms. The van der Waals surface area contributed by atoms with E-state index in [0.29, 0.717) is 34.4 Å². The molecular weight excluding hydrogens is 1900 g/mol. The summed E-state index contributed by atoms with van der Waals surface area (Å²) in [6.45, 7) is 8.62. The molecule has 0 amide bonds. The first-order chi connectivity index (χ1) is 68.1. The molecule has 5 aliphatic heterocycles. The zero-order valence-corrected chi connectivity index (χ0v) is 78.5. The van der Waals surface area contributed by atoms with E-state index in [9.17, 15) is 4.39 Å². The summed E-state index contributed by atoms with van der Waals surface area (Å²) in [6, 6.07) is 79.9. The van der Waals surface area contributed by atoms with Crippen molar-refractivity contribution in [2.75, 3.05) is 0 Å². The van der Waals surface area contributed by atoms with Crippen molar-refractivity contribution in [3.63, 3.8) is 0 Å². The quantitative estimate of drug-likeness (QED) is 0.116. The fourth-order valence-corrected chi connectivity index (χ4v) is 18.8. The summed E-state index contributed by atoms with van der Waals surface area (Å²) in [5.74, 6) is 11.4. The molecule has 0 saturated carbocycles. The van der Waals surface area contributed by atoms with Gasteiger partial charge in [0.05, 0.1) is 165 Å². The van der Waals surface area contributed by atoms with Crippen LogP contribution < -0.4 is 0 Å². The van der Waals surface area contributed by atoms with Gasteiger partial charge in [-0.1, -0.05) is 117 Å². The summed E-state index contributed by atoms with van der Waals surface area (Å²) in [5, 5.41) is 0.645. The second-order valence-electron chi connectivity index (χ2n) is 32.5. The first-order valence-corrected chi connectivity index (χ1v) is 46.2. The molecule has 0 bridgehead atoms. The largest absolute Gasteiger partial charge is 0.463 e. The van der Waals surface area contributed by atoms with Gasteiger partial charge in [-0.15, -0.1) is 19.3 Å². The molecule has 25 rings (SSSR count). The number of fused-ring (bicyclic) bond motifs is 15. The van der Waals surface area contributed by atoms with Gasteiger partial charge in [0.15, 0.2) is 28.8 Å². The zero-order chi connectivity index (χ0) is 94.9. The maximum atomic E-state index is 14.7. The molecular formula is C113H80Br2ClFN18O5. The molecule has 23 nitrogen and oxygen atoms in total. The molecule has 7 aromatic carbocycles. The second-order valence-corrected chi connectivity index (χ2v) is 34.8. The minimum atomic E-state index is -0.296. The molecule has 0 unspecified atom stereocenters. The van der Waals surface area contributed by atoms with Crippen LogP contribution in [-0.4, -0.2) is 91.3 Å². The third-order valence-electron chi connectivity index (χ3n) is 24.1. The molecule has 27 heteroatoms. The Balaban J connectivity index is 0.000000107. The van der Waals surface area contributed by atoms with Gasteiger partial charge in [0.2, 0.25) is 0 Å². The van der Waals surface area contributed by atoms with Crippen molar-refractivity contribution in [1.29, 1.82) is 0 Å². The number of imidazole rings is 5. The highest BCUT2D eigenvalue weighted by atomic mass is 79.9. The molecule has 5 aliphatic rings. The minimum Gasteiger partial charge on any atom is -0.463 e. The molecule has 0 saturated heterocycles. The molecule has 140 heavy (non-hydrogen) atoms. The summed E-state index contributed by atoms with van der Waals surface area (Å²) in [5.41, 5.74) is 28.3. The van der Waals surface area contributed by atoms with Gasteiger partial charge in [-0.2, -0.15) is 0 Å². The van der Waals surface area contributed by atoms with Crippen LogP contribution in [0.15, 0.2) is 392 Å². The minimum absolute atomic E-state index is 0. The van der Waals surface area contributed by atoms with Gasteiger partial charge in [0.25, 0.3) is 0 Å². The van der Waals surface area contributed by atoms with Crippen LogP contribution in [0.5, 0.6) is 0 Å². The van der Waals surface area contributed by atoms with Crippen molar-refractivity contribution in [2.24, 2.45) is 25.0 Å². The normalized spacial score (nSPS) is 14.7. The van der Waals surface area contributed by atoms with Gasteiger partial charge in [-0.05, 0) is 234 Å². The van der Waals surface area contributed by atoms with Crippen molar-refractivity contribution in [3.05, 3.63) is 457 Å². The Kier molecular flexibility index (Phi) is 25.3. The fourth-order valence-electron chi connectivity index (χ4n) is 17.9. The Labute approximate surface area is 826 Å². The van der Waals surface area contributed by atoms with Crippen LogP contribution in [0.4, 0.5) is 4.39 Å². The van der Waals surface area contributed by atoms with Crippen LogP contribution in [0.1, 0.15) is 160 Å². The predicted molar refractivity (Wildman–Crippen MR) is 548 cm³/mol. The highest BCUT2D eigenvalue weighted by Gasteiger charge is 2.35. The van der Waals surface area contributed by atoms with Gasteiger partial charge >= 0.3 is 0 Å². The van der Waals surface area contributed by atoms with E-state index in [1.54, 1.807) is 74.7 Å². The standard InChI is InChI=1S/C24H16ClN3O.C23H16N4O.C22H15BrFN3O.C22H14N4O.C21H15BrN4O.CH4/c1-3-16-10-11-20-18(13-16)22(17-7-4-5-8-19(17)25)27-15(2)24-23(26-14-28(20)24)21-9-6-12-29-21;1-3-16-9-10-19-17(13-16)21(18-7-4-5-11-24-18)26-15(2)23-22(25-14-27(19)23)20-8-6-12-28-20;1-13-22-21(19-7-4-10-28-19)25-12-27(22)18-9-8-14(23)11-16(18)20(26-13)15-5-2-3-6-17(15)24;1-2-15-8-9-18-16(12-15)21(17-6-3-4-10-23-17)24-13-19-22(25-14-26(18)19)20-7-5-11-27-20;1-13-21-20(18-6-4-10-27-18)24-12-26(21)17-8-7-14(22)11-15(17)19(25-13)16-5-2-3-9-23-16;/h1,4-15H,2H3;1,4-15H,2H3;2-13H,1H3;1,3-12,14H,13H2;2-13H,1H3;1H4/t2*15-;13-;;13-;/m111.1./s1. The van der Waals surface area contributed by atoms with E-state index in [0.717, 1.165) is 202 Å². The summed E-state index contributed by atoms with van der Waals surface area (Å²) in [4.78, 5) is 61.5. The lowest BCUT2D eigenvalue weighted by molar-refractivity contribution is 0.578. The lowest BCUT2D eigenvalue weighted by atomic mass is 9.98. The third-order valence-corrected chi connectivity index (χ3v) is 25.4. The Morgan fingerprint density at radius 3 is 1.00 bits per heavy atom. The van der Waals surface area contributed by atoms with Gasteiger partial charge < -0.3 is 22.1 Å².